The average molecular weight is 383 g/mol. The molecule has 9 heteroatoms. The molecule has 2 heterocycles. The number of carbonyl (C=O) groups is 2. The fourth-order valence-corrected chi connectivity index (χ4v) is 3.76. The Labute approximate surface area is 154 Å². The molecule has 2 aromatic carbocycles. The molecule has 0 aliphatic carbocycles. The second-order valence-electron chi connectivity index (χ2n) is 5.81. The van der Waals surface area contributed by atoms with Crippen LogP contribution in [-0.4, -0.2) is 31.8 Å². The number of rotatable bonds is 3. The number of amides is 2. The highest BCUT2D eigenvalue weighted by Crippen LogP contribution is 2.30. The van der Waals surface area contributed by atoms with Gasteiger partial charge in [-0.3, -0.25) is 14.6 Å². The van der Waals surface area contributed by atoms with E-state index in [4.69, 9.17) is 4.74 Å². The van der Waals surface area contributed by atoms with Crippen molar-refractivity contribution >= 4 is 38.4 Å². The minimum Gasteiger partial charge on any atom is -0.482 e. The summed E-state index contributed by atoms with van der Waals surface area (Å²) in [5, 5.41) is 3.07. The Hall–Kier alpha value is -3.46. The smallest absolute Gasteiger partial charge is 0.265 e. The van der Waals surface area contributed by atoms with Crippen molar-refractivity contribution in [3.8, 4) is 5.75 Å². The van der Waals surface area contributed by atoms with E-state index in [2.05, 4.69) is 15.0 Å². The molecule has 0 unspecified atom stereocenters. The van der Waals surface area contributed by atoms with Crippen molar-refractivity contribution in [2.24, 2.45) is 0 Å². The first-order valence-electron chi connectivity index (χ1n) is 7.92. The highest BCUT2D eigenvalue weighted by Gasteiger charge is 2.23. The van der Waals surface area contributed by atoms with Gasteiger partial charge in [0.15, 0.2) is 6.61 Å². The topological polar surface area (TPSA) is 114 Å². The first kappa shape index (κ1) is 17.0. The van der Waals surface area contributed by atoms with E-state index in [-0.39, 0.29) is 28.7 Å². The molecule has 0 saturated carbocycles. The van der Waals surface area contributed by atoms with Crippen molar-refractivity contribution in [3.63, 3.8) is 0 Å². The standard InChI is InChI=1S/C18H13N3O5S/c22-17-10-26-16-7-6-11(9-15(16)20-17)27(24,25)21-18(23)13-3-1-5-14-12(13)4-2-8-19-14/h1-9H,10H2,(H,20,22)(H,21,23). The van der Waals surface area contributed by atoms with Crippen molar-refractivity contribution in [3.05, 3.63) is 60.3 Å². The van der Waals surface area contributed by atoms with Gasteiger partial charge in [-0.05, 0) is 36.4 Å². The van der Waals surface area contributed by atoms with Crippen molar-refractivity contribution in [2.75, 3.05) is 11.9 Å². The predicted molar refractivity (Wildman–Crippen MR) is 97.0 cm³/mol. The Morgan fingerprint density at radius 3 is 2.85 bits per heavy atom. The first-order chi connectivity index (χ1) is 12.9. The molecule has 4 rings (SSSR count). The highest BCUT2D eigenvalue weighted by molar-refractivity contribution is 7.90. The Morgan fingerprint density at radius 2 is 2.00 bits per heavy atom. The zero-order chi connectivity index (χ0) is 19.0. The molecule has 0 fully saturated rings. The van der Waals surface area contributed by atoms with E-state index in [0.717, 1.165) is 0 Å². The first-order valence-corrected chi connectivity index (χ1v) is 9.40. The number of nitrogens with zero attached hydrogens (tertiary/aromatic N) is 1. The maximum absolute atomic E-state index is 12.6. The van der Waals surface area contributed by atoms with Crippen molar-refractivity contribution < 1.29 is 22.7 Å². The average Bonchev–Trinajstić information content (AvgIpc) is 2.66. The predicted octanol–water partition coefficient (Wildman–Crippen LogP) is 1.68. The number of fused-ring (bicyclic) bond motifs is 2. The van der Waals surface area contributed by atoms with Gasteiger partial charge in [-0.1, -0.05) is 12.1 Å². The summed E-state index contributed by atoms with van der Waals surface area (Å²) in [6, 6.07) is 12.2. The molecule has 2 amide bonds. The number of pyridine rings is 1. The van der Waals surface area contributed by atoms with Crippen molar-refractivity contribution in [1.29, 1.82) is 0 Å². The lowest BCUT2D eigenvalue weighted by Crippen LogP contribution is -2.31. The Balaban J connectivity index is 1.66. The normalized spacial score (nSPS) is 13.4. The Morgan fingerprint density at radius 1 is 1.15 bits per heavy atom. The number of anilines is 1. The molecule has 2 N–H and O–H groups in total. The van der Waals surface area contributed by atoms with E-state index >= 15 is 0 Å². The van der Waals surface area contributed by atoms with Gasteiger partial charge in [-0.15, -0.1) is 0 Å². The van der Waals surface area contributed by atoms with Crippen LogP contribution in [0.4, 0.5) is 5.69 Å². The Bertz CT molecular complexity index is 1190. The van der Waals surface area contributed by atoms with Gasteiger partial charge in [0.2, 0.25) is 0 Å². The molecule has 3 aromatic rings. The number of benzene rings is 2. The van der Waals surface area contributed by atoms with E-state index in [9.17, 15) is 18.0 Å². The lowest BCUT2D eigenvalue weighted by atomic mass is 10.1. The van der Waals surface area contributed by atoms with Crippen LogP contribution in [0.3, 0.4) is 0 Å². The van der Waals surface area contributed by atoms with Gasteiger partial charge >= 0.3 is 0 Å². The molecule has 0 radical (unpaired) electrons. The molecule has 8 nitrogen and oxygen atoms in total. The molecule has 0 bridgehead atoms. The van der Waals surface area contributed by atoms with E-state index in [1.807, 2.05) is 0 Å². The van der Waals surface area contributed by atoms with Gasteiger partial charge in [-0.25, -0.2) is 13.1 Å². The van der Waals surface area contributed by atoms with Crippen LogP contribution in [0.1, 0.15) is 10.4 Å². The largest absolute Gasteiger partial charge is 0.482 e. The molecule has 136 valence electrons. The van der Waals surface area contributed by atoms with Crippen LogP contribution in [0, 0.1) is 0 Å². The van der Waals surface area contributed by atoms with E-state index < -0.39 is 15.9 Å². The quantitative estimate of drug-likeness (QED) is 0.711. The van der Waals surface area contributed by atoms with E-state index in [0.29, 0.717) is 16.7 Å². The lowest BCUT2D eigenvalue weighted by Gasteiger charge is -2.18. The SMILES string of the molecule is O=C1COc2ccc(S(=O)(=O)NC(=O)c3cccc4ncccc34)cc2N1. The molecular formula is C18H13N3O5S. The van der Waals surface area contributed by atoms with Gasteiger partial charge in [0.05, 0.1) is 16.1 Å². The summed E-state index contributed by atoms with van der Waals surface area (Å²) in [5.74, 6) is -0.795. The van der Waals surface area contributed by atoms with Crippen LogP contribution < -0.4 is 14.8 Å². The summed E-state index contributed by atoms with van der Waals surface area (Å²) < 4.78 is 32.5. The summed E-state index contributed by atoms with van der Waals surface area (Å²) in [7, 11) is -4.15. The third-order valence-corrected chi connectivity index (χ3v) is 5.34. The highest BCUT2D eigenvalue weighted by atomic mass is 32.2. The van der Waals surface area contributed by atoms with Gasteiger partial charge in [0.1, 0.15) is 5.75 Å². The molecule has 0 atom stereocenters. The van der Waals surface area contributed by atoms with Crippen molar-refractivity contribution in [1.82, 2.24) is 9.71 Å². The summed E-state index contributed by atoms with van der Waals surface area (Å²) in [6.45, 7) is -0.134. The third-order valence-electron chi connectivity index (χ3n) is 4.01. The molecule has 27 heavy (non-hydrogen) atoms. The van der Waals surface area contributed by atoms with E-state index in [1.165, 1.54) is 24.3 Å². The van der Waals surface area contributed by atoms with Gasteiger partial charge in [-0.2, -0.15) is 0 Å². The van der Waals surface area contributed by atoms with Gasteiger partial charge in [0, 0.05) is 17.1 Å². The summed E-state index contributed by atoms with van der Waals surface area (Å²) >= 11 is 0. The number of hydrogen-bond donors (Lipinski definition) is 2. The number of sulfonamides is 1. The molecular weight excluding hydrogens is 370 g/mol. The Kier molecular flexibility index (Phi) is 4.00. The zero-order valence-corrected chi connectivity index (χ0v) is 14.6. The van der Waals surface area contributed by atoms with Crippen LogP contribution in [0.5, 0.6) is 5.75 Å². The molecule has 1 aliphatic rings. The third kappa shape index (κ3) is 3.20. The second-order valence-corrected chi connectivity index (χ2v) is 7.49. The summed E-state index contributed by atoms with van der Waals surface area (Å²) in [5.41, 5.74) is 1.01. The monoisotopic (exact) mass is 383 g/mol. The fourth-order valence-electron chi connectivity index (χ4n) is 2.77. The number of aromatic nitrogens is 1. The number of nitrogens with one attached hydrogen (secondary N) is 2. The fraction of sp³-hybridized carbons (Fsp3) is 0.0556. The van der Waals surface area contributed by atoms with Crippen molar-refractivity contribution in [2.45, 2.75) is 4.90 Å². The molecule has 1 aromatic heterocycles. The molecule has 0 saturated heterocycles. The number of ether oxygens (including phenoxy) is 1. The van der Waals surface area contributed by atoms with Crippen LogP contribution in [0.25, 0.3) is 10.9 Å². The second kappa shape index (κ2) is 6.36. The zero-order valence-electron chi connectivity index (χ0n) is 13.8. The van der Waals surface area contributed by atoms with Gasteiger partial charge < -0.3 is 10.1 Å². The van der Waals surface area contributed by atoms with Crippen LogP contribution in [0.2, 0.25) is 0 Å². The lowest BCUT2D eigenvalue weighted by molar-refractivity contribution is -0.118. The maximum atomic E-state index is 12.6. The van der Waals surface area contributed by atoms with E-state index in [1.54, 1.807) is 30.5 Å². The van der Waals surface area contributed by atoms with Crippen LogP contribution in [0.15, 0.2) is 59.6 Å². The molecule has 0 spiro atoms. The van der Waals surface area contributed by atoms with Crippen LogP contribution in [-0.2, 0) is 14.8 Å². The van der Waals surface area contributed by atoms with Crippen LogP contribution >= 0.6 is 0 Å². The number of carbonyl (C=O) groups excluding carboxylic acids is 2. The minimum atomic E-state index is -4.15. The summed E-state index contributed by atoms with van der Waals surface area (Å²) in [4.78, 5) is 28.0. The maximum Gasteiger partial charge on any atom is 0.265 e. The molecule has 1 aliphatic heterocycles. The number of hydrogen-bond acceptors (Lipinski definition) is 6. The minimum absolute atomic E-state index is 0.134. The summed E-state index contributed by atoms with van der Waals surface area (Å²) in [6.07, 6.45) is 1.59. The van der Waals surface area contributed by atoms with Gasteiger partial charge in [0.25, 0.3) is 21.8 Å².